The van der Waals surface area contributed by atoms with Crippen molar-refractivity contribution in [2.45, 2.75) is 6.92 Å². The largest absolute Gasteiger partial charge is 0.394 e. The van der Waals surface area contributed by atoms with Crippen LogP contribution in [0.25, 0.3) is 0 Å². The van der Waals surface area contributed by atoms with Crippen molar-refractivity contribution in [3.05, 3.63) is 0 Å². The van der Waals surface area contributed by atoms with Crippen molar-refractivity contribution in [1.82, 2.24) is 4.90 Å². The molecule has 0 saturated heterocycles. The van der Waals surface area contributed by atoms with Crippen molar-refractivity contribution in [3.8, 4) is 0 Å². The molecule has 0 aromatic heterocycles. The molecule has 0 spiro atoms. The predicted octanol–water partition coefficient (Wildman–Crippen LogP) is -0.770. The molecule has 0 aliphatic heterocycles. The maximum atomic E-state index is 8.74. The molecule has 0 fully saturated rings. The fourth-order valence-corrected chi connectivity index (χ4v) is 0.303. The van der Waals surface area contributed by atoms with Crippen molar-refractivity contribution in [2.24, 2.45) is 10.7 Å². The second-order valence-corrected chi connectivity index (χ2v) is 3.07. The van der Waals surface area contributed by atoms with Gasteiger partial charge in [0.15, 0.2) is 5.96 Å². The third kappa shape index (κ3) is 24.7. The van der Waals surface area contributed by atoms with Crippen molar-refractivity contribution in [3.63, 3.8) is 0 Å². The fourth-order valence-electron chi connectivity index (χ4n) is 0.303. The molecule has 0 amide bonds. The zero-order valence-corrected chi connectivity index (χ0v) is 8.61. The van der Waals surface area contributed by atoms with E-state index in [0.717, 1.165) is 6.54 Å². The molecule has 7 nitrogen and oxygen atoms in total. The number of aliphatic imine (C=N–C) groups is 1. The van der Waals surface area contributed by atoms with Gasteiger partial charge >= 0.3 is 10.4 Å². The summed E-state index contributed by atoms with van der Waals surface area (Å²) in [5, 5.41) is 0. The monoisotopic (exact) mass is 213 g/mol. The standard InChI is InChI=1S/C5H13N3.H2O4S/c1-4-7-5(6)8(2)3;1-5(2,3)4/h4H2,1-3H3,(H2,6,7);(H2,1,2,3,4). The highest BCUT2D eigenvalue weighted by Crippen LogP contribution is 1.73. The number of hydrogen-bond acceptors (Lipinski definition) is 3. The van der Waals surface area contributed by atoms with Gasteiger partial charge in [0.05, 0.1) is 0 Å². The van der Waals surface area contributed by atoms with E-state index in [1.807, 2.05) is 21.0 Å². The first-order valence-corrected chi connectivity index (χ1v) is 4.75. The third-order valence-electron chi connectivity index (χ3n) is 0.778. The summed E-state index contributed by atoms with van der Waals surface area (Å²) in [5.74, 6) is 0.590. The molecule has 0 atom stereocenters. The Kier molecular flexibility index (Phi) is 7.48. The molecule has 0 saturated carbocycles. The Morgan fingerprint density at radius 2 is 1.77 bits per heavy atom. The third-order valence-corrected chi connectivity index (χ3v) is 0.778. The van der Waals surface area contributed by atoms with E-state index < -0.39 is 10.4 Å². The van der Waals surface area contributed by atoms with Gasteiger partial charge in [-0.05, 0) is 6.92 Å². The molecule has 0 bridgehead atoms. The van der Waals surface area contributed by atoms with E-state index in [2.05, 4.69) is 4.99 Å². The van der Waals surface area contributed by atoms with Crippen LogP contribution in [0.1, 0.15) is 6.92 Å². The van der Waals surface area contributed by atoms with Gasteiger partial charge in [-0.25, -0.2) is 0 Å². The van der Waals surface area contributed by atoms with Gasteiger partial charge in [-0.1, -0.05) is 0 Å². The maximum Gasteiger partial charge on any atom is 0.394 e. The van der Waals surface area contributed by atoms with E-state index in [0.29, 0.717) is 5.96 Å². The molecule has 0 aliphatic carbocycles. The zero-order chi connectivity index (χ0) is 11.1. The van der Waals surface area contributed by atoms with Crippen LogP contribution in [0.5, 0.6) is 0 Å². The first-order valence-electron chi connectivity index (χ1n) is 3.35. The van der Waals surface area contributed by atoms with Gasteiger partial charge < -0.3 is 10.6 Å². The fraction of sp³-hybridized carbons (Fsp3) is 0.800. The van der Waals surface area contributed by atoms with Gasteiger partial charge in [-0.2, -0.15) is 8.42 Å². The Hall–Kier alpha value is -0.860. The summed E-state index contributed by atoms with van der Waals surface area (Å²) in [7, 11) is -0.928. The summed E-state index contributed by atoms with van der Waals surface area (Å²) in [4.78, 5) is 5.73. The van der Waals surface area contributed by atoms with Crippen molar-refractivity contribution in [2.75, 3.05) is 20.6 Å². The minimum absolute atomic E-state index is 0.590. The lowest BCUT2D eigenvalue weighted by atomic mass is 10.7. The van der Waals surface area contributed by atoms with Crippen molar-refractivity contribution >= 4 is 16.4 Å². The summed E-state index contributed by atoms with van der Waals surface area (Å²) in [6, 6.07) is 0. The Morgan fingerprint density at radius 1 is 1.46 bits per heavy atom. The van der Waals surface area contributed by atoms with Gasteiger partial charge in [0, 0.05) is 20.6 Å². The number of nitrogens with zero attached hydrogens (tertiary/aromatic N) is 2. The first kappa shape index (κ1) is 14.7. The highest BCUT2D eigenvalue weighted by Gasteiger charge is 1.88. The van der Waals surface area contributed by atoms with Gasteiger partial charge in [0.2, 0.25) is 0 Å². The first-order chi connectivity index (χ1) is 5.68. The van der Waals surface area contributed by atoms with Crippen molar-refractivity contribution < 1.29 is 17.5 Å². The Morgan fingerprint density at radius 3 is 1.85 bits per heavy atom. The molecule has 0 aromatic carbocycles. The Bertz CT molecular complexity index is 239. The molecule has 8 heteroatoms. The highest BCUT2D eigenvalue weighted by atomic mass is 32.3. The van der Waals surface area contributed by atoms with Crippen molar-refractivity contribution in [1.29, 1.82) is 0 Å². The highest BCUT2D eigenvalue weighted by molar-refractivity contribution is 7.79. The molecule has 0 rings (SSSR count). The van der Waals surface area contributed by atoms with Crippen LogP contribution in [0.2, 0.25) is 0 Å². The molecule has 0 heterocycles. The zero-order valence-electron chi connectivity index (χ0n) is 7.80. The van der Waals surface area contributed by atoms with Crippen LogP contribution >= 0.6 is 0 Å². The molecule has 80 valence electrons. The topological polar surface area (TPSA) is 116 Å². The second-order valence-electron chi connectivity index (χ2n) is 2.17. The molecule has 0 radical (unpaired) electrons. The van der Waals surface area contributed by atoms with Crippen LogP contribution in [-0.2, 0) is 10.4 Å². The molecular weight excluding hydrogens is 198 g/mol. The van der Waals surface area contributed by atoms with Crippen LogP contribution in [0, 0.1) is 0 Å². The molecule has 0 unspecified atom stereocenters. The average molecular weight is 213 g/mol. The molecule has 0 aromatic rings. The van der Waals surface area contributed by atoms with E-state index in [1.54, 1.807) is 4.90 Å². The second kappa shape index (κ2) is 6.63. The maximum absolute atomic E-state index is 8.74. The smallest absolute Gasteiger partial charge is 0.370 e. The van der Waals surface area contributed by atoms with Gasteiger partial charge in [0.25, 0.3) is 0 Å². The Balaban J connectivity index is 0. The van der Waals surface area contributed by atoms with E-state index in [9.17, 15) is 0 Å². The van der Waals surface area contributed by atoms with Gasteiger partial charge in [-0.3, -0.25) is 14.1 Å². The molecular formula is C5H15N3O4S. The van der Waals surface area contributed by atoms with E-state index in [4.69, 9.17) is 23.3 Å². The van der Waals surface area contributed by atoms with Gasteiger partial charge in [-0.15, -0.1) is 0 Å². The minimum atomic E-state index is -4.67. The van der Waals surface area contributed by atoms with Gasteiger partial charge in [0.1, 0.15) is 0 Å². The van der Waals surface area contributed by atoms with E-state index >= 15 is 0 Å². The quantitative estimate of drug-likeness (QED) is 0.299. The van der Waals surface area contributed by atoms with Crippen LogP contribution in [0.4, 0.5) is 0 Å². The lowest BCUT2D eigenvalue weighted by Crippen LogP contribution is -2.30. The van der Waals surface area contributed by atoms with E-state index in [-0.39, 0.29) is 0 Å². The summed E-state index contributed by atoms with van der Waals surface area (Å²) in [6.07, 6.45) is 0. The summed E-state index contributed by atoms with van der Waals surface area (Å²) in [6.45, 7) is 2.71. The number of rotatable bonds is 1. The SMILES string of the molecule is CC/N=C(\N)N(C)C.O=S(=O)(O)O. The van der Waals surface area contributed by atoms with Crippen LogP contribution < -0.4 is 5.73 Å². The van der Waals surface area contributed by atoms with E-state index in [1.165, 1.54) is 0 Å². The minimum Gasteiger partial charge on any atom is -0.370 e. The molecule has 13 heavy (non-hydrogen) atoms. The lowest BCUT2D eigenvalue weighted by Gasteiger charge is -2.08. The summed E-state index contributed by atoms with van der Waals surface area (Å²) < 4.78 is 31.6. The molecule has 4 N–H and O–H groups in total. The number of guanidine groups is 1. The van der Waals surface area contributed by atoms with Crippen LogP contribution in [0.15, 0.2) is 4.99 Å². The molecule has 0 aliphatic rings. The average Bonchev–Trinajstić information content (AvgIpc) is 1.84. The van der Waals surface area contributed by atoms with Crippen LogP contribution in [-0.4, -0.2) is 49.0 Å². The Labute approximate surface area is 77.8 Å². The number of nitrogens with two attached hydrogens (primary N) is 1. The number of hydrogen-bond donors (Lipinski definition) is 3. The van der Waals surface area contributed by atoms with Crippen LogP contribution in [0.3, 0.4) is 0 Å². The normalized spacial score (nSPS) is 11.6. The summed E-state index contributed by atoms with van der Waals surface area (Å²) in [5.41, 5.74) is 5.40. The summed E-state index contributed by atoms with van der Waals surface area (Å²) >= 11 is 0. The lowest BCUT2D eigenvalue weighted by molar-refractivity contribution is 0.381. The predicted molar refractivity (Wildman–Crippen MR) is 50.0 cm³/mol.